The van der Waals surface area contributed by atoms with E-state index in [9.17, 15) is 9.18 Å². The quantitative estimate of drug-likeness (QED) is 0.568. The fourth-order valence-corrected chi connectivity index (χ4v) is 1.65. The minimum atomic E-state index is -0.532. The van der Waals surface area contributed by atoms with Crippen LogP contribution in [0.5, 0.6) is 5.75 Å². The lowest BCUT2D eigenvalue weighted by Gasteiger charge is -2.04. The van der Waals surface area contributed by atoms with E-state index in [-0.39, 0.29) is 5.96 Å². The largest absolute Gasteiger partial charge is 0.493 e. The van der Waals surface area contributed by atoms with Crippen LogP contribution < -0.4 is 16.2 Å². The van der Waals surface area contributed by atoms with Crippen LogP contribution in [0.3, 0.4) is 0 Å². The predicted octanol–water partition coefficient (Wildman–Crippen LogP) is 0.792. The average molecular weight is 249 g/mol. The first-order chi connectivity index (χ1) is 8.56. The minimum Gasteiger partial charge on any atom is -0.493 e. The zero-order valence-corrected chi connectivity index (χ0v) is 9.52. The van der Waals surface area contributed by atoms with Crippen molar-refractivity contribution in [1.29, 1.82) is 0 Å². The number of amides is 1. The van der Waals surface area contributed by atoms with Crippen LogP contribution in [0.15, 0.2) is 28.8 Å². The van der Waals surface area contributed by atoms with Crippen molar-refractivity contribution < 1.29 is 13.9 Å². The molecule has 0 aliphatic carbocycles. The molecule has 1 aromatic rings. The van der Waals surface area contributed by atoms with Gasteiger partial charge in [0.2, 0.25) is 0 Å². The van der Waals surface area contributed by atoms with E-state index >= 15 is 0 Å². The van der Waals surface area contributed by atoms with Gasteiger partial charge in [0.1, 0.15) is 11.6 Å². The van der Waals surface area contributed by atoms with Gasteiger partial charge >= 0.3 is 0 Å². The van der Waals surface area contributed by atoms with Crippen molar-refractivity contribution in [2.75, 3.05) is 6.61 Å². The molecule has 94 valence electrons. The topological polar surface area (TPSA) is 90.7 Å². The molecule has 0 radical (unpaired) electrons. The molecule has 0 unspecified atom stereocenters. The van der Waals surface area contributed by atoms with Crippen LogP contribution in [0.1, 0.15) is 12.0 Å². The Balaban J connectivity index is 2.39. The van der Waals surface area contributed by atoms with Gasteiger partial charge in [-0.25, -0.2) is 4.39 Å². The van der Waals surface area contributed by atoms with Crippen molar-refractivity contribution in [2.24, 2.45) is 16.5 Å². The number of ether oxygens (including phenoxy) is 1. The van der Waals surface area contributed by atoms with E-state index in [1.54, 1.807) is 6.08 Å². The Morgan fingerprint density at radius 3 is 2.89 bits per heavy atom. The molecule has 1 amide bonds. The molecule has 6 heteroatoms. The van der Waals surface area contributed by atoms with Gasteiger partial charge < -0.3 is 16.2 Å². The monoisotopic (exact) mass is 249 g/mol. The van der Waals surface area contributed by atoms with Crippen molar-refractivity contribution in [3.05, 3.63) is 35.2 Å². The molecule has 0 saturated heterocycles. The van der Waals surface area contributed by atoms with Gasteiger partial charge in [-0.05, 0) is 24.3 Å². The SMILES string of the molecule is NC(N)=NC(=O)C1=Cc2cc(F)ccc2OCC1. The Morgan fingerprint density at radius 1 is 1.39 bits per heavy atom. The maximum absolute atomic E-state index is 13.1. The molecule has 0 atom stereocenters. The molecule has 1 heterocycles. The third-order valence-corrected chi connectivity index (χ3v) is 2.44. The molecule has 1 aliphatic rings. The number of hydrogen-bond acceptors (Lipinski definition) is 2. The summed E-state index contributed by atoms with van der Waals surface area (Å²) in [5.41, 5.74) is 11.2. The first kappa shape index (κ1) is 12.1. The lowest BCUT2D eigenvalue weighted by atomic mass is 10.1. The highest BCUT2D eigenvalue weighted by Crippen LogP contribution is 2.26. The first-order valence-corrected chi connectivity index (χ1v) is 5.33. The molecule has 0 aromatic heterocycles. The number of fused-ring (bicyclic) bond motifs is 1. The van der Waals surface area contributed by atoms with E-state index in [2.05, 4.69) is 4.99 Å². The molecule has 18 heavy (non-hydrogen) atoms. The summed E-state index contributed by atoms with van der Waals surface area (Å²) in [7, 11) is 0. The summed E-state index contributed by atoms with van der Waals surface area (Å²) in [4.78, 5) is 15.1. The Kier molecular flexibility index (Phi) is 3.27. The van der Waals surface area contributed by atoms with Crippen LogP contribution in [-0.4, -0.2) is 18.5 Å². The molecule has 4 N–H and O–H groups in total. The summed E-state index contributed by atoms with van der Waals surface area (Å²) in [6, 6.07) is 4.12. The van der Waals surface area contributed by atoms with E-state index in [0.29, 0.717) is 29.9 Å². The average Bonchev–Trinajstić information content (AvgIpc) is 2.49. The number of hydrogen-bond donors (Lipinski definition) is 2. The summed E-state index contributed by atoms with van der Waals surface area (Å²) in [6.45, 7) is 0.316. The molecular formula is C12H12FN3O2. The third kappa shape index (κ3) is 2.65. The highest BCUT2D eigenvalue weighted by molar-refractivity contribution is 6.04. The van der Waals surface area contributed by atoms with Crippen molar-refractivity contribution in [3.63, 3.8) is 0 Å². The van der Waals surface area contributed by atoms with E-state index < -0.39 is 11.7 Å². The Morgan fingerprint density at radius 2 is 2.17 bits per heavy atom. The molecule has 0 spiro atoms. The fourth-order valence-electron chi connectivity index (χ4n) is 1.65. The van der Waals surface area contributed by atoms with Crippen molar-refractivity contribution in [1.82, 2.24) is 0 Å². The maximum Gasteiger partial charge on any atom is 0.276 e. The van der Waals surface area contributed by atoms with E-state index in [0.717, 1.165) is 0 Å². The Labute approximate surface area is 103 Å². The zero-order valence-electron chi connectivity index (χ0n) is 9.52. The van der Waals surface area contributed by atoms with Gasteiger partial charge in [0.15, 0.2) is 5.96 Å². The van der Waals surface area contributed by atoms with Gasteiger partial charge in [-0.1, -0.05) is 0 Å². The number of guanidine groups is 1. The van der Waals surface area contributed by atoms with Crippen LogP contribution in [-0.2, 0) is 4.79 Å². The maximum atomic E-state index is 13.1. The Bertz CT molecular complexity index is 548. The van der Waals surface area contributed by atoms with Gasteiger partial charge in [0.05, 0.1) is 6.61 Å². The van der Waals surface area contributed by atoms with Crippen LogP contribution in [0.2, 0.25) is 0 Å². The summed E-state index contributed by atoms with van der Waals surface area (Å²) >= 11 is 0. The number of benzene rings is 1. The van der Waals surface area contributed by atoms with Gasteiger partial charge in [-0.2, -0.15) is 4.99 Å². The smallest absolute Gasteiger partial charge is 0.276 e. The first-order valence-electron chi connectivity index (χ1n) is 5.33. The summed E-state index contributed by atoms with van der Waals surface area (Å²) in [6.07, 6.45) is 1.91. The number of nitrogens with zero attached hydrogens (tertiary/aromatic N) is 1. The molecule has 2 rings (SSSR count). The fraction of sp³-hybridized carbons (Fsp3) is 0.167. The van der Waals surface area contributed by atoms with Crippen molar-refractivity contribution in [3.8, 4) is 5.75 Å². The van der Waals surface area contributed by atoms with Crippen molar-refractivity contribution >= 4 is 17.9 Å². The normalized spacial score (nSPS) is 13.7. The molecule has 1 aliphatic heterocycles. The lowest BCUT2D eigenvalue weighted by Crippen LogP contribution is -2.24. The van der Waals surface area contributed by atoms with E-state index in [4.69, 9.17) is 16.2 Å². The summed E-state index contributed by atoms with van der Waals surface area (Å²) in [5.74, 6) is -0.700. The standard InChI is InChI=1S/C12H12FN3O2/c13-9-1-2-10-8(6-9)5-7(3-4-18-10)11(17)16-12(14)15/h1-2,5-6H,3-4H2,(H4,14,15,16,17). The van der Waals surface area contributed by atoms with Gasteiger partial charge in [0.25, 0.3) is 5.91 Å². The second-order valence-corrected chi connectivity index (χ2v) is 3.79. The molecule has 0 bridgehead atoms. The van der Waals surface area contributed by atoms with Crippen LogP contribution >= 0.6 is 0 Å². The summed E-state index contributed by atoms with van der Waals surface area (Å²) in [5, 5.41) is 0. The number of nitrogens with two attached hydrogens (primary N) is 2. The van der Waals surface area contributed by atoms with Crippen LogP contribution in [0.4, 0.5) is 4.39 Å². The lowest BCUT2D eigenvalue weighted by molar-refractivity contribution is -0.114. The third-order valence-electron chi connectivity index (χ3n) is 2.44. The zero-order chi connectivity index (χ0) is 13.1. The van der Waals surface area contributed by atoms with Gasteiger partial charge in [-0.15, -0.1) is 0 Å². The molecule has 1 aromatic carbocycles. The number of halogens is 1. The number of aliphatic imine (C=N–C) groups is 1. The molecule has 5 nitrogen and oxygen atoms in total. The van der Waals surface area contributed by atoms with Gasteiger partial charge in [0, 0.05) is 17.6 Å². The van der Waals surface area contributed by atoms with Crippen molar-refractivity contribution in [2.45, 2.75) is 6.42 Å². The molecule has 0 saturated carbocycles. The molecule has 0 fully saturated rings. The second kappa shape index (κ2) is 4.87. The Hall–Kier alpha value is -2.37. The number of carbonyl (C=O) groups is 1. The van der Waals surface area contributed by atoms with Gasteiger partial charge in [-0.3, -0.25) is 4.79 Å². The summed E-state index contributed by atoms with van der Waals surface area (Å²) < 4.78 is 18.5. The highest BCUT2D eigenvalue weighted by atomic mass is 19.1. The van der Waals surface area contributed by atoms with Crippen LogP contribution in [0, 0.1) is 5.82 Å². The van der Waals surface area contributed by atoms with E-state index in [1.165, 1.54) is 18.2 Å². The number of rotatable bonds is 1. The highest BCUT2D eigenvalue weighted by Gasteiger charge is 2.15. The predicted molar refractivity (Wildman–Crippen MR) is 65.3 cm³/mol. The second-order valence-electron chi connectivity index (χ2n) is 3.79. The minimum absolute atomic E-state index is 0.300. The number of carbonyl (C=O) groups excluding carboxylic acids is 1. The van der Waals surface area contributed by atoms with E-state index in [1.807, 2.05) is 0 Å². The van der Waals surface area contributed by atoms with Crippen LogP contribution in [0.25, 0.3) is 6.08 Å². The molecular weight excluding hydrogens is 237 g/mol.